The third-order valence-corrected chi connectivity index (χ3v) is 2.18. The van der Waals surface area contributed by atoms with Crippen LogP contribution < -0.4 is 0 Å². The zero-order valence-electron chi connectivity index (χ0n) is 8.24. The van der Waals surface area contributed by atoms with Crippen LogP contribution in [-0.2, 0) is 9.53 Å². The lowest BCUT2D eigenvalue weighted by Crippen LogP contribution is -2.11. The molecule has 4 heteroatoms. The lowest BCUT2D eigenvalue weighted by molar-refractivity contribution is -0.137. The van der Waals surface area contributed by atoms with Gasteiger partial charge in [0.25, 0.3) is 0 Å². The highest BCUT2D eigenvalue weighted by molar-refractivity contribution is 6.30. The molecule has 15 heavy (non-hydrogen) atoms. The molecule has 0 unspecified atom stereocenters. The number of esters is 1. The number of rotatable bonds is 3. The number of methoxy groups -OCH3 is 1. The number of carbonyl (C=O) groups is 1. The van der Waals surface area contributed by atoms with Gasteiger partial charge >= 0.3 is 5.97 Å². The van der Waals surface area contributed by atoms with E-state index in [0.717, 1.165) is 0 Å². The van der Waals surface area contributed by atoms with E-state index in [0.29, 0.717) is 10.6 Å². The Kier molecular flexibility index (Phi) is 3.88. The molecule has 0 amide bonds. The van der Waals surface area contributed by atoms with Gasteiger partial charge in [-0.25, -0.2) is 4.79 Å². The molecule has 0 fully saturated rings. The van der Waals surface area contributed by atoms with Gasteiger partial charge in [0, 0.05) is 5.02 Å². The van der Waals surface area contributed by atoms with Crippen LogP contribution in [0.5, 0.6) is 0 Å². The van der Waals surface area contributed by atoms with Crippen LogP contribution in [0.1, 0.15) is 11.7 Å². The largest absolute Gasteiger partial charge is 0.466 e. The Morgan fingerprint density at radius 2 is 2.27 bits per heavy atom. The average Bonchev–Trinajstić information content (AvgIpc) is 2.26. The molecule has 0 aromatic heterocycles. The number of carbonyl (C=O) groups excluding carboxylic acids is 1. The molecule has 1 aromatic rings. The van der Waals surface area contributed by atoms with Gasteiger partial charge in [-0.3, -0.25) is 0 Å². The molecule has 0 saturated carbocycles. The van der Waals surface area contributed by atoms with Crippen LogP contribution in [-0.4, -0.2) is 18.2 Å². The summed E-state index contributed by atoms with van der Waals surface area (Å²) in [5.41, 5.74) is 0.498. The average molecular weight is 227 g/mol. The molecule has 0 aliphatic rings. The first-order valence-corrected chi connectivity index (χ1v) is 4.64. The van der Waals surface area contributed by atoms with Crippen molar-refractivity contribution in [2.24, 2.45) is 0 Å². The second-order valence-corrected chi connectivity index (χ2v) is 3.41. The summed E-state index contributed by atoms with van der Waals surface area (Å²) in [4.78, 5) is 11.1. The van der Waals surface area contributed by atoms with Gasteiger partial charge in [-0.1, -0.05) is 30.3 Å². The molecule has 0 radical (unpaired) electrons. The summed E-state index contributed by atoms with van der Waals surface area (Å²) in [6, 6.07) is 6.59. The first-order valence-electron chi connectivity index (χ1n) is 4.27. The summed E-state index contributed by atoms with van der Waals surface area (Å²) < 4.78 is 4.45. The Labute approximate surface area is 92.9 Å². The minimum atomic E-state index is -1.09. The Bertz CT molecular complexity index is 387. The molecule has 0 heterocycles. The fourth-order valence-electron chi connectivity index (χ4n) is 1.12. The smallest absolute Gasteiger partial charge is 0.336 e. The minimum absolute atomic E-state index is 0.0141. The molecule has 1 N–H and O–H groups in total. The normalized spacial score (nSPS) is 11.9. The van der Waals surface area contributed by atoms with E-state index in [1.165, 1.54) is 7.11 Å². The predicted molar refractivity (Wildman–Crippen MR) is 57.6 cm³/mol. The monoisotopic (exact) mass is 226 g/mol. The summed E-state index contributed by atoms with van der Waals surface area (Å²) in [5, 5.41) is 10.2. The van der Waals surface area contributed by atoms with Gasteiger partial charge in [0.1, 0.15) is 6.10 Å². The molecule has 0 aliphatic heterocycles. The second-order valence-electron chi connectivity index (χ2n) is 2.97. The molecular weight excluding hydrogens is 216 g/mol. The third-order valence-electron chi connectivity index (χ3n) is 1.94. The van der Waals surface area contributed by atoms with E-state index in [-0.39, 0.29) is 5.57 Å². The lowest BCUT2D eigenvalue weighted by atomic mass is 10.0. The summed E-state index contributed by atoms with van der Waals surface area (Å²) >= 11 is 5.75. The van der Waals surface area contributed by atoms with Gasteiger partial charge in [0.05, 0.1) is 12.7 Å². The molecule has 3 nitrogen and oxygen atoms in total. The van der Waals surface area contributed by atoms with Crippen molar-refractivity contribution in [3.8, 4) is 0 Å². The number of hydrogen-bond donors (Lipinski definition) is 1. The van der Waals surface area contributed by atoms with E-state index < -0.39 is 12.1 Å². The number of ether oxygens (including phenoxy) is 1. The zero-order valence-corrected chi connectivity index (χ0v) is 8.99. The maximum atomic E-state index is 11.1. The third kappa shape index (κ3) is 2.81. The topological polar surface area (TPSA) is 46.5 Å². The fourth-order valence-corrected chi connectivity index (χ4v) is 1.32. The van der Waals surface area contributed by atoms with Crippen molar-refractivity contribution >= 4 is 17.6 Å². The predicted octanol–water partition coefficient (Wildman–Crippen LogP) is 2.10. The van der Waals surface area contributed by atoms with Gasteiger partial charge < -0.3 is 9.84 Å². The summed E-state index contributed by atoms with van der Waals surface area (Å²) in [5.74, 6) is -0.637. The lowest BCUT2D eigenvalue weighted by Gasteiger charge is -2.12. The highest BCUT2D eigenvalue weighted by Crippen LogP contribution is 2.23. The van der Waals surface area contributed by atoms with Crippen molar-refractivity contribution in [2.45, 2.75) is 6.10 Å². The number of aliphatic hydroxyl groups excluding tert-OH is 1. The van der Waals surface area contributed by atoms with Gasteiger partial charge in [0.2, 0.25) is 0 Å². The molecule has 0 saturated heterocycles. The highest BCUT2D eigenvalue weighted by Gasteiger charge is 2.18. The van der Waals surface area contributed by atoms with Crippen LogP contribution in [0.25, 0.3) is 0 Å². The van der Waals surface area contributed by atoms with Crippen LogP contribution >= 0.6 is 11.6 Å². The van der Waals surface area contributed by atoms with Gasteiger partial charge in [-0.2, -0.15) is 0 Å². The van der Waals surface area contributed by atoms with Crippen molar-refractivity contribution in [3.05, 3.63) is 47.0 Å². The highest BCUT2D eigenvalue weighted by atomic mass is 35.5. The maximum Gasteiger partial charge on any atom is 0.336 e. The Morgan fingerprint density at radius 3 is 2.80 bits per heavy atom. The fraction of sp³-hybridized carbons (Fsp3) is 0.182. The molecular formula is C11H11ClO3. The number of halogens is 1. The number of aliphatic hydroxyl groups is 1. The number of benzene rings is 1. The van der Waals surface area contributed by atoms with Gasteiger partial charge in [-0.15, -0.1) is 0 Å². The Hall–Kier alpha value is -1.32. The van der Waals surface area contributed by atoms with Crippen LogP contribution in [0.15, 0.2) is 36.4 Å². The van der Waals surface area contributed by atoms with Gasteiger partial charge in [0.15, 0.2) is 0 Å². The summed E-state index contributed by atoms with van der Waals surface area (Å²) in [6.45, 7) is 3.46. The van der Waals surface area contributed by atoms with Crippen LogP contribution in [0.4, 0.5) is 0 Å². The van der Waals surface area contributed by atoms with E-state index in [9.17, 15) is 9.90 Å². The second kappa shape index (κ2) is 4.96. The molecule has 0 aliphatic carbocycles. The van der Waals surface area contributed by atoms with E-state index in [1.54, 1.807) is 24.3 Å². The van der Waals surface area contributed by atoms with E-state index in [4.69, 9.17) is 11.6 Å². The maximum absolute atomic E-state index is 11.1. The molecule has 1 aromatic carbocycles. The van der Waals surface area contributed by atoms with Crippen molar-refractivity contribution in [3.63, 3.8) is 0 Å². The standard InChI is InChI=1S/C11H11ClO3/c1-7(11(14)15-2)10(13)8-4-3-5-9(12)6-8/h3-6,10,13H,1H2,2H3/t10-/m0/s1. The molecule has 80 valence electrons. The number of hydrogen-bond acceptors (Lipinski definition) is 3. The van der Waals surface area contributed by atoms with Crippen LogP contribution in [0.3, 0.4) is 0 Å². The minimum Gasteiger partial charge on any atom is -0.466 e. The van der Waals surface area contributed by atoms with Crippen molar-refractivity contribution in [1.82, 2.24) is 0 Å². The van der Waals surface area contributed by atoms with E-state index in [2.05, 4.69) is 11.3 Å². The Morgan fingerprint density at radius 1 is 1.60 bits per heavy atom. The van der Waals surface area contributed by atoms with Crippen LogP contribution in [0.2, 0.25) is 5.02 Å². The van der Waals surface area contributed by atoms with Crippen molar-refractivity contribution < 1.29 is 14.6 Å². The first-order chi connectivity index (χ1) is 7.06. The zero-order chi connectivity index (χ0) is 11.4. The molecule has 0 bridgehead atoms. The molecule has 1 rings (SSSR count). The SMILES string of the molecule is C=C(C(=O)OC)[C@H](O)c1cccc(Cl)c1. The first kappa shape index (κ1) is 11.8. The van der Waals surface area contributed by atoms with Crippen molar-refractivity contribution in [1.29, 1.82) is 0 Å². The van der Waals surface area contributed by atoms with Gasteiger partial charge in [-0.05, 0) is 17.7 Å². The Balaban J connectivity index is 2.89. The summed E-state index contributed by atoms with van der Waals surface area (Å²) in [7, 11) is 1.23. The summed E-state index contributed by atoms with van der Waals surface area (Å²) in [6.07, 6.45) is -1.09. The van der Waals surface area contributed by atoms with E-state index in [1.807, 2.05) is 0 Å². The molecule has 1 atom stereocenters. The molecule has 0 spiro atoms. The quantitative estimate of drug-likeness (QED) is 0.634. The van der Waals surface area contributed by atoms with E-state index >= 15 is 0 Å². The van der Waals surface area contributed by atoms with Crippen LogP contribution in [0, 0.1) is 0 Å². The van der Waals surface area contributed by atoms with Crippen molar-refractivity contribution in [2.75, 3.05) is 7.11 Å².